The monoisotopic (exact) mass is 366 g/mol. The molecular weight excluding hydrogens is 351 g/mol. The molecule has 0 aliphatic rings. The van der Waals surface area contributed by atoms with Crippen molar-refractivity contribution in [3.63, 3.8) is 0 Å². The van der Waals surface area contributed by atoms with Gasteiger partial charge in [0.2, 0.25) is 0 Å². The van der Waals surface area contributed by atoms with Crippen molar-refractivity contribution in [2.45, 2.75) is 13.5 Å². The smallest absolute Gasteiger partial charge is 0.141 e. The van der Waals surface area contributed by atoms with Gasteiger partial charge in [0.15, 0.2) is 0 Å². The minimum atomic E-state index is -0.264. The van der Waals surface area contributed by atoms with Crippen LogP contribution in [0.2, 0.25) is 5.15 Å². The molecule has 0 amide bonds. The number of imidazole rings is 1. The molecule has 3 nitrogen and oxygen atoms in total. The Labute approximate surface area is 155 Å². The first-order chi connectivity index (χ1) is 12.6. The van der Waals surface area contributed by atoms with E-state index in [0.717, 1.165) is 33.8 Å². The Balaban J connectivity index is 1.60. The molecule has 2 heterocycles. The number of hydrogen-bond acceptors (Lipinski definition) is 2. The van der Waals surface area contributed by atoms with E-state index in [9.17, 15) is 4.39 Å². The van der Waals surface area contributed by atoms with Gasteiger partial charge in [0, 0.05) is 11.8 Å². The van der Waals surface area contributed by atoms with Crippen molar-refractivity contribution in [3.8, 4) is 17.0 Å². The molecule has 0 unspecified atom stereocenters. The first-order valence-corrected chi connectivity index (χ1v) is 8.60. The molecule has 0 aliphatic heterocycles. The summed E-state index contributed by atoms with van der Waals surface area (Å²) in [5.74, 6) is 0.484. The summed E-state index contributed by atoms with van der Waals surface area (Å²) in [5.41, 5.74) is 4.22. The first-order valence-electron chi connectivity index (χ1n) is 8.23. The van der Waals surface area contributed by atoms with Crippen LogP contribution in [-0.2, 0) is 6.61 Å². The maximum atomic E-state index is 13.3. The second-order valence-corrected chi connectivity index (χ2v) is 6.44. The summed E-state index contributed by atoms with van der Waals surface area (Å²) in [7, 11) is 0. The molecule has 0 bridgehead atoms. The van der Waals surface area contributed by atoms with Crippen molar-refractivity contribution in [2.75, 3.05) is 0 Å². The molecule has 0 radical (unpaired) electrons. The van der Waals surface area contributed by atoms with Crippen LogP contribution in [0, 0.1) is 12.7 Å². The van der Waals surface area contributed by atoms with Crippen molar-refractivity contribution in [1.29, 1.82) is 0 Å². The Morgan fingerprint density at radius 2 is 1.96 bits per heavy atom. The molecule has 2 aromatic heterocycles. The van der Waals surface area contributed by atoms with E-state index in [1.807, 2.05) is 60.0 Å². The number of pyridine rings is 1. The van der Waals surface area contributed by atoms with Crippen LogP contribution in [0.15, 0.2) is 66.9 Å². The van der Waals surface area contributed by atoms with E-state index in [-0.39, 0.29) is 5.82 Å². The van der Waals surface area contributed by atoms with Gasteiger partial charge in [0.25, 0.3) is 0 Å². The maximum Gasteiger partial charge on any atom is 0.141 e. The number of nitrogens with zero attached hydrogens (tertiary/aromatic N) is 2. The van der Waals surface area contributed by atoms with Crippen molar-refractivity contribution in [2.24, 2.45) is 0 Å². The summed E-state index contributed by atoms with van der Waals surface area (Å²) in [5, 5.41) is 0.577. The van der Waals surface area contributed by atoms with E-state index < -0.39 is 0 Å². The molecule has 4 aromatic rings. The molecule has 2 aromatic carbocycles. The van der Waals surface area contributed by atoms with Gasteiger partial charge >= 0.3 is 0 Å². The molecule has 0 saturated carbocycles. The Hall–Kier alpha value is -2.85. The zero-order valence-electron chi connectivity index (χ0n) is 14.1. The fourth-order valence-electron chi connectivity index (χ4n) is 2.90. The van der Waals surface area contributed by atoms with Gasteiger partial charge in [0.1, 0.15) is 34.7 Å². The summed E-state index contributed by atoms with van der Waals surface area (Å²) < 4.78 is 20.9. The fraction of sp³-hybridized carbons (Fsp3) is 0.0952. The minimum absolute atomic E-state index is 0.264. The van der Waals surface area contributed by atoms with Crippen LogP contribution >= 0.6 is 11.6 Å². The number of rotatable bonds is 4. The fourth-order valence-corrected chi connectivity index (χ4v) is 3.19. The highest BCUT2D eigenvalue weighted by Crippen LogP contribution is 2.31. The predicted molar refractivity (Wildman–Crippen MR) is 101 cm³/mol. The van der Waals surface area contributed by atoms with Crippen LogP contribution in [0.4, 0.5) is 4.39 Å². The lowest BCUT2D eigenvalue weighted by atomic mass is 10.1. The van der Waals surface area contributed by atoms with E-state index in [4.69, 9.17) is 16.3 Å². The van der Waals surface area contributed by atoms with Crippen molar-refractivity contribution in [1.82, 2.24) is 9.38 Å². The molecular formula is C21H16ClFN2O. The average Bonchev–Trinajstić information content (AvgIpc) is 2.98. The molecule has 26 heavy (non-hydrogen) atoms. The van der Waals surface area contributed by atoms with Crippen LogP contribution < -0.4 is 4.74 Å². The van der Waals surface area contributed by atoms with Crippen LogP contribution in [0.25, 0.3) is 16.9 Å². The lowest BCUT2D eigenvalue weighted by molar-refractivity contribution is 0.303. The van der Waals surface area contributed by atoms with E-state index in [2.05, 4.69) is 4.98 Å². The zero-order chi connectivity index (χ0) is 18.1. The number of aryl methyl sites for hydroxylation is 1. The molecule has 0 saturated heterocycles. The second-order valence-electron chi connectivity index (χ2n) is 6.08. The lowest BCUT2D eigenvalue weighted by Gasteiger charge is -2.10. The van der Waals surface area contributed by atoms with Gasteiger partial charge in [-0.3, -0.25) is 4.40 Å². The van der Waals surface area contributed by atoms with E-state index in [1.54, 1.807) is 6.07 Å². The van der Waals surface area contributed by atoms with E-state index in [0.29, 0.717) is 11.8 Å². The topological polar surface area (TPSA) is 26.5 Å². The van der Waals surface area contributed by atoms with Gasteiger partial charge in [-0.1, -0.05) is 29.8 Å². The normalized spacial score (nSPS) is 11.0. The van der Waals surface area contributed by atoms with Crippen LogP contribution in [0.5, 0.6) is 5.75 Å². The third-order valence-electron chi connectivity index (χ3n) is 4.20. The highest BCUT2D eigenvalue weighted by atomic mass is 35.5. The van der Waals surface area contributed by atoms with Crippen LogP contribution in [0.3, 0.4) is 0 Å². The summed E-state index contributed by atoms with van der Waals surface area (Å²) in [6, 6.07) is 18.0. The summed E-state index contributed by atoms with van der Waals surface area (Å²) in [6.45, 7) is 2.28. The molecule has 5 heteroatoms. The quantitative estimate of drug-likeness (QED) is 0.464. The molecule has 0 spiro atoms. The van der Waals surface area contributed by atoms with Crippen molar-refractivity contribution >= 4 is 17.2 Å². The zero-order valence-corrected chi connectivity index (χ0v) is 14.9. The van der Waals surface area contributed by atoms with Gasteiger partial charge in [-0.15, -0.1) is 0 Å². The molecule has 4 rings (SSSR count). The Morgan fingerprint density at radius 3 is 2.73 bits per heavy atom. The van der Waals surface area contributed by atoms with Crippen LogP contribution in [-0.4, -0.2) is 9.38 Å². The molecule has 0 fully saturated rings. The molecule has 0 N–H and O–H groups in total. The number of benzene rings is 2. The van der Waals surface area contributed by atoms with E-state index >= 15 is 0 Å². The van der Waals surface area contributed by atoms with Gasteiger partial charge in [-0.05, 0) is 60.5 Å². The Morgan fingerprint density at radius 1 is 1.08 bits per heavy atom. The minimum Gasteiger partial charge on any atom is -0.489 e. The van der Waals surface area contributed by atoms with E-state index in [1.165, 1.54) is 12.1 Å². The highest BCUT2D eigenvalue weighted by molar-refractivity contribution is 6.32. The standard InChI is InChI=1S/C21H16ClFN2O/c1-14-11-16(20-21(22)25-10-3-2-7-19(25)24-20)8-9-18(14)26-13-15-5-4-6-17(23)12-15/h2-12H,13H2,1H3. The predicted octanol–water partition coefficient (Wildman–Crippen LogP) is 5.68. The SMILES string of the molecule is Cc1cc(-c2nc3ccccn3c2Cl)ccc1OCc1cccc(F)c1. The summed E-state index contributed by atoms with van der Waals surface area (Å²) >= 11 is 6.47. The average molecular weight is 367 g/mol. The number of ether oxygens (including phenoxy) is 1. The lowest BCUT2D eigenvalue weighted by Crippen LogP contribution is -1.97. The maximum absolute atomic E-state index is 13.3. The van der Waals surface area contributed by atoms with Gasteiger partial charge in [0.05, 0.1) is 0 Å². The number of aromatic nitrogens is 2. The first kappa shape index (κ1) is 16.6. The number of hydrogen-bond donors (Lipinski definition) is 0. The third-order valence-corrected chi connectivity index (χ3v) is 4.56. The van der Waals surface area contributed by atoms with Crippen molar-refractivity contribution in [3.05, 3.63) is 89.0 Å². The largest absolute Gasteiger partial charge is 0.489 e. The van der Waals surface area contributed by atoms with Gasteiger partial charge in [-0.25, -0.2) is 9.37 Å². The molecule has 0 atom stereocenters. The second kappa shape index (κ2) is 6.81. The summed E-state index contributed by atoms with van der Waals surface area (Å²) in [4.78, 5) is 4.61. The van der Waals surface area contributed by atoms with Gasteiger partial charge in [-0.2, -0.15) is 0 Å². The Kier molecular flexibility index (Phi) is 4.35. The number of halogens is 2. The third kappa shape index (κ3) is 3.16. The summed E-state index contributed by atoms with van der Waals surface area (Å²) in [6.07, 6.45) is 1.89. The Bertz CT molecular complexity index is 1090. The number of fused-ring (bicyclic) bond motifs is 1. The highest BCUT2D eigenvalue weighted by Gasteiger charge is 2.13. The van der Waals surface area contributed by atoms with Crippen LogP contribution in [0.1, 0.15) is 11.1 Å². The van der Waals surface area contributed by atoms with Gasteiger partial charge < -0.3 is 4.74 Å². The van der Waals surface area contributed by atoms with Crippen molar-refractivity contribution < 1.29 is 9.13 Å². The molecule has 0 aliphatic carbocycles. The molecule has 130 valence electrons.